The number of benzene rings is 3. The van der Waals surface area contributed by atoms with Gasteiger partial charge >= 0.3 is 16.1 Å². The third kappa shape index (κ3) is 4.34. The van der Waals surface area contributed by atoms with Crippen molar-refractivity contribution in [3.05, 3.63) is 100 Å². The Hall–Kier alpha value is -3.23. The molecule has 0 aliphatic carbocycles. The lowest BCUT2D eigenvalue weighted by Gasteiger charge is -2.09. The number of nitrogens with zero attached hydrogens (tertiary/aromatic N) is 1. The van der Waals surface area contributed by atoms with Crippen LogP contribution in [-0.2, 0) is 19.6 Å². The summed E-state index contributed by atoms with van der Waals surface area (Å²) in [6.07, 6.45) is 1.43. The van der Waals surface area contributed by atoms with Crippen molar-refractivity contribution in [2.45, 2.75) is 4.90 Å². The molecule has 0 aromatic heterocycles. The quantitative estimate of drug-likeness (QED) is 0.301. The van der Waals surface area contributed by atoms with E-state index in [1.807, 2.05) is 12.1 Å². The Morgan fingerprint density at radius 2 is 1.57 bits per heavy atom. The van der Waals surface area contributed by atoms with Gasteiger partial charge in [-0.3, -0.25) is 0 Å². The number of carbonyl (C=O) groups excluding carboxylic acids is 1. The number of hydrogen-bond donors (Lipinski definition) is 0. The van der Waals surface area contributed by atoms with Gasteiger partial charge in [0.1, 0.15) is 10.6 Å². The maximum absolute atomic E-state index is 12.6. The molecule has 6 nitrogen and oxygen atoms in total. The Kier molecular flexibility index (Phi) is 5.52. The second-order valence-corrected chi connectivity index (χ2v) is 8.69. The summed E-state index contributed by atoms with van der Waals surface area (Å²) in [6.45, 7) is 0. The molecule has 1 aliphatic rings. The zero-order valence-electron chi connectivity index (χ0n) is 15.4. The fourth-order valence-corrected chi connectivity index (χ4v) is 3.94. The van der Waals surface area contributed by atoms with Crippen molar-refractivity contribution in [2.75, 3.05) is 0 Å². The summed E-state index contributed by atoms with van der Waals surface area (Å²) in [7, 11) is -4.03. The van der Waals surface area contributed by atoms with Gasteiger partial charge in [0, 0.05) is 15.6 Å². The van der Waals surface area contributed by atoms with E-state index in [2.05, 4.69) is 20.9 Å². The van der Waals surface area contributed by atoms with E-state index in [9.17, 15) is 13.2 Å². The van der Waals surface area contributed by atoms with E-state index >= 15 is 0 Å². The number of para-hydroxylation sites is 1. The molecule has 3 aromatic carbocycles. The van der Waals surface area contributed by atoms with Crippen molar-refractivity contribution >= 4 is 44.0 Å². The van der Waals surface area contributed by atoms with E-state index in [0.29, 0.717) is 11.1 Å². The van der Waals surface area contributed by atoms with Gasteiger partial charge in [0.25, 0.3) is 0 Å². The lowest BCUT2D eigenvalue weighted by atomic mass is 10.1. The van der Waals surface area contributed by atoms with Gasteiger partial charge in [0.15, 0.2) is 5.70 Å². The lowest BCUT2D eigenvalue weighted by Crippen LogP contribution is -2.10. The molecule has 3 aromatic rings. The Bertz CT molecular complexity index is 1270. The van der Waals surface area contributed by atoms with Crippen LogP contribution in [0.4, 0.5) is 0 Å². The average Bonchev–Trinajstić information content (AvgIpc) is 3.11. The standard InChI is InChI=1S/C22H14BrNO5S/c23-17-12-10-15(11-13-17)21-24-19(22(25)28-21)14-16-6-4-5-9-20(16)29-30(26,27)18-7-2-1-3-8-18/h1-14H/b19-14+. The van der Waals surface area contributed by atoms with Crippen LogP contribution in [0, 0.1) is 0 Å². The number of cyclic esters (lactones) is 1. The molecule has 0 radical (unpaired) electrons. The highest BCUT2D eigenvalue weighted by atomic mass is 79.9. The maximum Gasteiger partial charge on any atom is 0.363 e. The minimum absolute atomic E-state index is 0.0308. The summed E-state index contributed by atoms with van der Waals surface area (Å²) < 4.78 is 36.6. The molecule has 0 N–H and O–H groups in total. The Balaban J connectivity index is 1.66. The zero-order valence-corrected chi connectivity index (χ0v) is 17.8. The monoisotopic (exact) mass is 483 g/mol. The smallest absolute Gasteiger partial charge is 0.363 e. The van der Waals surface area contributed by atoms with E-state index in [4.69, 9.17) is 8.92 Å². The summed E-state index contributed by atoms with van der Waals surface area (Å²) in [5, 5.41) is 0. The van der Waals surface area contributed by atoms with Crippen LogP contribution in [-0.4, -0.2) is 20.3 Å². The Morgan fingerprint density at radius 1 is 0.900 bits per heavy atom. The first-order valence-corrected chi connectivity index (χ1v) is 11.0. The molecule has 0 bridgehead atoms. The summed E-state index contributed by atoms with van der Waals surface area (Å²) in [6, 6.07) is 21.4. The van der Waals surface area contributed by atoms with Gasteiger partial charge in [-0.05, 0) is 48.5 Å². The summed E-state index contributed by atoms with van der Waals surface area (Å²) in [5.74, 6) is -0.378. The Labute approximate surface area is 181 Å². The van der Waals surface area contributed by atoms with E-state index in [-0.39, 0.29) is 22.2 Å². The van der Waals surface area contributed by atoms with Gasteiger partial charge in [-0.25, -0.2) is 9.79 Å². The molecule has 0 saturated carbocycles. The van der Waals surface area contributed by atoms with Crippen molar-refractivity contribution < 1.29 is 22.1 Å². The molecule has 8 heteroatoms. The number of carbonyl (C=O) groups is 1. The number of esters is 1. The first-order chi connectivity index (χ1) is 14.4. The molecule has 4 rings (SSSR count). The minimum Gasteiger partial charge on any atom is -0.402 e. The predicted octanol–water partition coefficient (Wildman–Crippen LogP) is 4.56. The highest BCUT2D eigenvalue weighted by Crippen LogP contribution is 2.27. The van der Waals surface area contributed by atoms with Gasteiger partial charge in [0.05, 0.1) is 0 Å². The van der Waals surface area contributed by atoms with Crippen molar-refractivity contribution in [2.24, 2.45) is 4.99 Å². The van der Waals surface area contributed by atoms with Crippen LogP contribution < -0.4 is 4.18 Å². The fraction of sp³-hybridized carbons (Fsp3) is 0. The van der Waals surface area contributed by atoms with Crippen LogP contribution in [0.3, 0.4) is 0 Å². The third-order valence-electron chi connectivity index (χ3n) is 4.15. The number of halogens is 1. The molecule has 0 fully saturated rings. The number of hydrogen-bond acceptors (Lipinski definition) is 6. The molecule has 0 unspecified atom stereocenters. The van der Waals surface area contributed by atoms with Crippen molar-refractivity contribution in [3.63, 3.8) is 0 Å². The van der Waals surface area contributed by atoms with Crippen molar-refractivity contribution in [3.8, 4) is 5.75 Å². The topological polar surface area (TPSA) is 82.0 Å². The SMILES string of the molecule is O=C1OC(c2ccc(Br)cc2)=N/C1=C/c1ccccc1OS(=O)(=O)c1ccccc1. The fourth-order valence-electron chi connectivity index (χ4n) is 2.70. The molecule has 30 heavy (non-hydrogen) atoms. The molecule has 0 amide bonds. The highest BCUT2D eigenvalue weighted by molar-refractivity contribution is 9.10. The zero-order chi connectivity index (χ0) is 21.1. The molecule has 1 heterocycles. The first kappa shape index (κ1) is 20.1. The molecular weight excluding hydrogens is 470 g/mol. The predicted molar refractivity (Wildman–Crippen MR) is 115 cm³/mol. The number of ether oxygens (including phenoxy) is 1. The van der Waals surface area contributed by atoms with Crippen LogP contribution in [0.5, 0.6) is 5.75 Å². The van der Waals surface area contributed by atoms with Gasteiger partial charge in [-0.1, -0.05) is 52.3 Å². The number of aliphatic imine (C=N–C) groups is 1. The summed E-state index contributed by atoms with van der Waals surface area (Å²) >= 11 is 3.35. The normalized spacial score (nSPS) is 15.0. The lowest BCUT2D eigenvalue weighted by molar-refractivity contribution is -0.129. The van der Waals surface area contributed by atoms with Crippen LogP contribution in [0.1, 0.15) is 11.1 Å². The molecule has 0 atom stereocenters. The van der Waals surface area contributed by atoms with Crippen LogP contribution in [0.15, 0.2) is 98.9 Å². The second-order valence-electron chi connectivity index (χ2n) is 6.23. The molecule has 150 valence electrons. The van der Waals surface area contributed by atoms with Gasteiger partial charge in [-0.15, -0.1) is 0 Å². The Morgan fingerprint density at radius 3 is 2.30 bits per heavy atom. The van der Waals surface area contributed by atoms with Crippen LogP contribution in [0.2, 0.25) is 0 Å². The van der Waals surface area contributed by atoms with E-state index in [1.165, 1.54) is 24.3 Å². The summed E-state index contributed by atoms with van der Waals surface area (Å²) in [5.41, 5.74) is 1.07. The molecule has 0 spiro atoms. The molecular formula is C22H14BrNO5S. The van der Waals surface area contributed by atoms with Crippen LogP contribution in [0.25, 0.3) is 6.08 Å². The number of rotatable bonds is 5. The molecule has 0 saturated heterocycles. The van der Waals surface area contributed by atoms with Crippen molar-refractivity contribution in [1.82, 2.24) is 0 Å². The van der Waals surface area contributed by atoms with E-state index < -0.39 is 16.1 Å². The van der Waals surface area contributed by atoms with Gasteiger partial charge in [0.2, 0.25) is 5.90 Å². The van der Waals surface area contributed by atoms with Gasteiger partial charge < -0.3 is 8.92 Å². The van der Waals surface area contributed by atoms with Gasteiger partial charge in [-0.2, -0.15) is 8.42 Å². The minimum atomic E-state index is -4.03. The first-order valence-electron chi connectivity index (χ1n) is 8.79. The van der Waals surface area contributed by atoms with E-state index in [1.54, 1.807) is 48.5 Å². The summed E-state index contributed by atoms with van der Waals surface area (Å²) in [4.78, 5) is 16.6. The maximum atomic E-state index is 12.6. The third-order valence-corrected chi connectivity index (χ3v) is 5.93. The van der Waals surface area contributed by atoms with E-state index in [0.717, 1.165) is 4.47 Å². The van der Waals surface area contributed by atoms with Crippen molar-refractivity contribution in [1.29, 1.82) is 0 Å². The average molecular weight is 484 g/mol. The largest absolute Gasteiger partial charge is 0.402 e. The molecule has 1 aliphatic heterocycles. The van der Waals surface area contributed by atoms with Crippen LogP contribution >= 0.6 is 15.9 Å². The second kappa shape index (κ2) is 8.25. The highest BCUT2D eigenvalue weighted by Gasteiger charge is 2.25.